The molecule has 0 atom stereocenters. The third-order valence-electron chi connectivity index (χ3n) is 2.39. The predicted octanol–water partition coefficient (Wildman–Crippen LogP) is 3.35. The van der Waals surface area contributed by atoms with Gasteiger partial charge in [-0.15, -0.1) is 0 Å². The van der Waals surface area contributed by atoms with Crippen LogP contribution in [0.2, 0.25) is 0 Å². The second-order valence-corrected chi connectivity index (χ2v) is 4.44. The van der Waals surface area contributed by atoms with E-state index < -0.39 is 0 Å². The molecular formula is C16H22N2O2. The van der Waals surface area contributed by atoms with Crippen LogP contribution < -0.4 is 10.3 Å². The second-order valence-electron chi connectivity index (χ2n) is 4.44. The monoisotopic (exact) mass is 274 g/mol. The highest BCUT2D eigenvalue weighted by molar-refractivity contribution is 5.36. The minimum Gasteiger partial charge on any atom is -0.491 e. The van der Waals surface area contributed by atoms with Crippen LogP contribution in [0.5, 0.6) is 5.75 Å². The van der Waals surface area contributed by atoms with E-state index in [4.69, 9.17) is 4.74 Å². The van der Waals surface area contributed by atoms with Gasteiger partial charge in [0.15, 0.2) is 0 Å². The molecule has 0 amide bonds. The molecule has 0 radical (unpaired) electrons. The lowest BCUT2D eigenvalue weighted by molar-refractivity contribution is 0.242. The maximum atomic E-state index is 11.8. The third kappa shape index (κ3) is 4.23. The topological polar surface area (TPSA) is 44.1 Å². The molecule has 0 spiro atoms. The Hall–Kier alpha value is -2.10. The van der Waals surface area contributed by atoms with Crippen molar-refractivity contribution in [2.45, 2.75) is 40.7 Å². The van der Waals surface area contributed by atoms with E-state index in [1.807, 2.05) is 58.9 Å². The van der Waals surface area contributed by atoms with E-state index in [0.717, 1.165) is 17.0 Å². The van der Waals surface area contributed by atoms with Crippen molar-refractivity contribution in [3.05, 3.63) is 52.4 Å². The molecule has 20 heavy (non-hydrogen) atoms. The number of benzene rings is 1. The van der Waals surface area contributed by atoms with Crippen molar-refractivity contribution in [2.75, 3.05) is 0 Å². The van der Waals surface area contributed by atoms with E-state index in [2.05, 4.69) is 5.10 Å². The van der Waals surface area contributed by atoms with E-state index in [9.17, 15) is 4.79 Å². The van der Waals surface area contributed by atoms with Gasteiger partial charge in [0.2, 0.25) is 0 Å². The summed E-state index contributed by atoms with van der Waals surface area (Å²) in [5, 5.41) is 4.10. The summed E-state index contributed by atoms with van der Waals surface area (Å²) in [4.78, 5) is 11.8. The summed E-state index contributed by atoms with van der Waals surface area (Å²) in [5.74, 6) is 0.786. The van der Waals surface area contributed by atoms with E-state index >= 15 is 0 Å². The number of rotatable bonds is 3. The fraction of sp³-hybridized carbons (Fsp3) is 0.375. The Morgan fingerprint density at radius 1 is 1.15 bits per heavy atom. The summed E-state index contributed by atoms with van der Waals surface area (Å²) in [5.41, 5.74) is 1.46. The number of nitrogens with zero attached hydrogens (tertiary/aromatic N) is 2. The fourth-order valence-electron chi connectivity index (χ4n) is 1.63. The Morgan fingerprint density at radius 2 is 1.75 bits per heavy atom. The molecule has 0 saturated carbocycles. The van der Waals surface area contributed by atoms with Crippen LogP contribution in [0.3, 0.4) is 0 Å². The van der Waals surface area contributed by atoms with Gasteiger partial charge in [-0.1, -0.05) is 13.8 Å². The van der Waals surface area contributed by atoms with Gasteiger partial charge >= 0.3 is 0 Å². The van der Waals surface area contributed by atoms with Crippen LogP contribution in [0, 0.1) is 6.92 Å². The lowest BCUT2D eigenvalue weighted by Gasteiger charge is -2.10. The number of ether oxygens (including phenoxy) is 1. The van der Waals surface area contributed by atoms with E-state index in [0.29, 0.717) is 0 Å². The van der Waals surface area contributed by atoms with Gasteiger partial charge in [-0.2, -0.15) is 9.78 Å². The van der Waals surface area contributed by atoms with Crippen LogP contribution in [-0.4, -0.2) is 15.9 Å². The molecule has 0 bridgehead atoms. The summed E-state index contributed by atoms with van der Waals surface area (Å²) in [6, 6.07) is 8.88. The van der Waals surface area contributed by atoms with Gasteiger partial charge in [-0.05, 0) is 50.6 Å². The summed E-state index contributed by atoms with van der Waals surface area (Å²) >= 11 is 0. The number of hydrogen-bond donors (Lipinski definition) is 0. The zero-order chi connectivity index (χ0) is 15.1. The average Bonchev–Trinajstić information content (AvgIpc) is 2.42. The lowest BCUT2D eigenvalue weighted by atomic mass is 10.3. The first-order valence-corrected chi connectivity index (χ1v) is 6.89. The molecule has 2 rings (SSSR count). The Morgan fingerprint density at radius 3 is 2.25 bits per heavy atom. The number of aryl methyl sites for hydroxylation is 1. The van der Waals surface area contributed by atoms with Crippen molar-refractivity contribution in [3.8, 4) is 11.4 Å². The predicted molar refractivity (Wildman–Crippen MR) is 81.7 cm³/mol. The van der Waals surface area contributed by atoms with Crippen molar-refractivity contribution < 1.29 is 4.74 Å². The average molecular weight is 274 g/mol. The summed E-state index contributed by atoms with van der Waals surface area (Å²) in [6.07, 6.45) is 1.80. The first-order valence-electron chi connectivity index (χ1n) is 6.89. The molecule has 4 heteroatoms. The van der Waals surface area contributed by atoms with Gasteiger partial charge in [0.25, 0.3) is 5.56 Å². The van der Waals surface area contributed by atoms with E-state index in [1.165, 1.54) is 4.68 Å². The van der Waals surface area contributed by atoms with Crippen molar-refractivity contribution in [2.24, 2.45) is 0 Å². The SMILES string of the molecule is CC.Cc1cnn(-c2ccc(OC(C)C)cc2)c(=O)c1. The van der Waals surface area contributed by atoms with Gasteiger partial charge in [-0.25, -0.2) is 0 Å². The molecule has 1 aromatic heterocycles. The summed E-state index contributed by atoms with van der Waals surface area (Å²) < 4.78 is 6.91. The molecular weight excluding hydrogens is 252 g/mol. The molecule has 0 fully saturated rings. The standard InChI is InChI=1S/C14H16N2O2.C2H6/c1-10(2)18-13-6-4-12(5-7-13)16-14(17)8-11(3)9-15-16;1-2/h4-10H,1-3H3;1-2H3. The lowest BCUT2D eigenvalue weighted by Crippen LogP contribution is -2.20. The molecule has 0 N–H and O–H groups in total. The molecule has 0 aliphatic carbocycles. The molecule has 0 aliphatic rings. The Kier molecular flexibility index (Phi) is 5.97. The van der Waals surface area contributed by atoms with Gasteiger partial charge in [-0.3, -0.25) is 4.79 Å². The fourth-order valence-corrected chi connectivity index (χ4v) is 1.63. The van der Waals surface area contributed by atoms with Gasteiger partial charge in [0.1, 0.15) is 5.75 Å². The molecule has 108 valence electrons. The van der Waals surface area contributed by atoms with Crippen LogP contribution in [-0.2, 0) is 0 Å². The Bertz CT molecular complexity index is 586. The van der Waals surface area contributed by atoms with Gasteiger partial charge in [0, 0.05) is 6.07 Å². The maximum absolute atomic E-state index is 11.8. The van der Waals surface area contributed by atoms with Crippen molar-refractivity contribution in [1.29, 1.82) is 0 Å². The quantitative estimate of drug-likeness (QED) is 0.862. The largest absolute Gasteiger partial charge is 0.491 e. The maximum Gasteiger partial charge on any atom is 0.271 e. The third-order valence-corrected chi connectivity index (χ3v) is 2.39. The Balaban J connectivity index is 0.000000956. The summed E-state index contributed by atoms with van der Waals surface area (Å²) in [7, 11) is 0. The molecule has 1 aromatic carbocycles. The molecule has 0 saturated heterocycles. The van der Waals surface area contributed by atoms with Crippen LogP contribution >= 0.6 is 0 Å². The normalized spacial score (nSPS) is 9.90. The number of hydrogen-bond acceptors (Lipinski definition) is 3. The second kappa shape index (κ2) is 7.48. The van der Waals surface area contributed by atoms with Crippen LogP contribution in [0.1, 0.15) is 33.3 Å². The highest BCUT2D eigenvalue weighted by Crippen LogP contribution is 2.15. The highest BCUT2D eigenvalue weighted by atomic mass is 16.5. The zero-order valence-electron chi connectivity index (χ0n) is 12.8. The first-order chi connectivity index (χ1) is 9.56. The van der Waals surface area contributed by atoms with Crippen molar-refractivity contribution in [3.63, 3.8) is 0 Å². The molecule has 2 aromatic rings. The highest BCUT2D eigenvalue weighted by Gasteiger charge is 2.02. The summed E-state index contributed by atoms with van der Waals surface area (Å²) in [6.45, 7) is 9.79. The van der Waals surface area contributed by atoms with Crippen molar-refractivity contribution in [1.82, 2.24) is 9.78 Å². The molecule has 0 unspecified atom stereocenters. The molecule has 4 nitrogen and oxygen atoms in total. The first kappa shape index (κ1) is 16.0. The molecule has 1 heterocycles. The zero-order valence-corrected chi connectivity index (χ0v) is 12.8. The van der Waals surface area contributed by atoms with E-state index in [1.54, 1.807) is 12.3 Å². The smallest absolute Gasteiger partial charge is 0.271 e. The van der Waals surface area contributed by atoms with Gasteiger partial charge in [0.05, 0.1) is 18.0 Å². The van der Waals surface area contributed by atoms with Crippen LogP contribution in [0.4, 0.5) is 0 Å². The minimum atomic E-state index is -0.132. The van der Waals surface area contributed by atoms with Crippen LogP contribution in [0.15, 0.2) is 41.3 Å². The van der Waals surface area contributed by atoms with E-state index in [-0.39, 0.29) is 11.7 Å². The van der Waals surface area contributed by atoms with Gasteiger partial charge < -0.3 is 4.74 Å². The van der Waals surface area contributed by atoms with Crippen LogP contribution in [0.25, 0.3) is 5.69 Å². The Labute approximate surface area is 120 Å². The van der Waals surface area contributed by atoms with Crippen molar-refractivity contribution >= 4 is 0 Å². The number of aromatic nitrogens is 2. The minimum absolute atomic E-state index is 0.132. The molecule has 0 aliphatic heterocycles.